The summed E-state index contributed by atoms with van der Waals surface area (Å²) in [5.74, 6) is 1.49. The Kier molecular flexibility index (Phi) is 6.87. The van der Waals surface area contributed by atoms with E-state index in [1.807, 2.05) is 70.2 Å². The predicted molar refractivity (Wildman–Crippen MR) is 100 cm³/mol. The van der Waals surface area contributed by atoms with Crippen molar-refractivity contribution in [2.24, 2.45) is 0 Å². The van der Waals surface area contributed by atoms with Crippen LogP contribution in [-0.4, -0.2) is 25.2 Å². The molecule has 1 atom stereocenters. The van der Waals surface area contributed by atoms with Crippen molar-refractivity contribution in [3.8, 4) is 11.5 Å². The summed E-state index contributed by atoms with van der Waals surface area (Å²) in [7, 11) is 0. The molecule has 0 aliphatic carbocycles. The van der Waals surface area contributed by atoms with Crippen LogP contribution in [-0.2, 0) is 4.79 Å². The molecule has 134 valence electrons. The third-order valence-corrected chi connectivity index (χ3v) is 4.24. The molecule has 0 radical (unpaired) electrons. The van der Waals surface area contributed by atoms with Gasteiger partial charge in [-0.25, -0.2) is 0 Å². The van der Waals surface area contributed by atoms with Crippen molar-refractivity contribution in [3.63, 3.8) is 0 Å². The van der Waals surface area contributed by atoms with Gasteiger partial charge in [-0.3, -0.25) is 4.79 Å². The summed E-state index contributed by atoms with van der Waals surface area (Å²) in [6.45, 7) is 8.85. The smallest absolute Gasteiger partial charge is 0.261 e. The summed E-state index contributed by atoms with van der Waals surface area (Å²) in [6, 6.07) is 13.7. The van der Waals surface area contributed by atoms with Crippen LogP contribution in [0.15, 0.2) is 42.5 Å². The van der Waals surface area contributed by atoms with Gasteiger partial charge in [0.25, 0.3) is 5.91 Å². The van der Waals surface area contributed by atoms with E-state index in [0.717, 1.165) is 28.2 Å². The highest BCUT2D eigenvalue weighted by Gasteiger charge is 2.19. The molecule has 4 heteroatoms. The van der Waals surface area contributed by atoms with E-state index in [-0.39, 0.29) is 5.91 Å². The van der Waals surface area contributed by atoms with Crippen LogP contribution in [0.3, 0.4) is 0 Å². The fourth-order valence-electron chi connectivity index (χ4n) is 2.49. The molecule has 2 aromatic rings. The number of aryl methyl sites for hydroxylation is 2. The van der Waals surface area contributed by atoms with Crippen molar-refractivity contribution in [1.29, 1.82) is 0 Å². The second-order valence-corrected chi connectivity index (χ2v) is 6.12. The SMILES string of the molecule is CCC(Oc1cccc(C)c1C)C(=O)NCCOc1ccccc1C. The van der Waals surface area contributed by atoms with Gasteiger partial charge in [-0.05, 0) is 56.0 Å². The number of benzene rings is 2. The number of para-hydroxylation sites is 1. The number of carbonyl (C=O) groups excluding carboxylic acids is 1. The standard InChI is InChI=1S/C21H27NO3/c1-5-18(25-20-12-8-10-15(2)17(20)4)21(23)22-13-14-24-19-11-7-6-9-16(19)3/h6-12,18H,5,13-14H2,1-4H3,(H,22,23). The molecule has 2 rings (SSSR count). The van der Waals surface area contributed by atoms with E-state index in [0.29, 0.717) is 19.6 Å². The zero-order valence-corrected chi connectivity index (χ0v) is 15.5. The lowest BCUT2D eigenvalue weighted by Gasteiger charge is -2.19. The normalized spacial score (nSPS) is 11.7. The van der Waals surface area contributed by atoms with Crippen LogP contribution in [0.4, 0.5) is 0 Å². The van der Waals surface area contributed by atoms with Gasteiger partial charge in [-0.15, -0.1) is 0 Å². The van der Waals surface area contributed by atoms with Crippen LogP contribution in [0.1, 0.15) is 30.0 Å². The molecule has 0 saturated carbocycles. The highest BCUT2D eigenvalue weighted by molar-refractivity contribution is 5.81. The maximum absolute atomic E-state index is 12.4. The number of rotatable bonds is 8. The molecular weight excluding hydrogens is 314 g/mol. The predicted octanol–water partition coefficient (Wildman–Crippen LogP) is 3.96. The molecular formula is C21H27NO3. The highest BCUT2D eigenvalue weighted by Crippen LogP contribution is 2.22. The first-order valence-corrected chi connectivity index (χ1v) is 8.72. The van der Waals surface area contributed by atoms with Crippen molar-refractivity contribution in [3.05, 3.63) is 59.2 Å². The minimum atomic E-state index is -0.501. The van der Waals surface area contributed by atoms with E-state index in [1.54, 1.807) is 0 Å². The van der Waals surface area contributed by atoms with E-state index in [9.17, 15) is 4.79 Å². The number of hydrogen-bond donors (Lipinski definition) is 1. The van der Waals surface area contributed by atoms with Crippen LogP contribution >= 0.6 is 0 Å². The van der Waals surface area contributed by atoms with Crippen LogP contribution < -0.4 is 14.8 Å². The average molecular weight is 341 g/mol. The Hall–Kier alpha value is -2.49. The molecule has 0 heterocycles. The van der Waals surface area contributed by atoms with Crippen LogP contribution in [0.25, 0.3) is 0 Å². The van der Waals surface area contributed by atoms with Crippen LogP contribution in [0, 0.1) is 20.8 Å². The minimum Gasteiger partial charge on any atom is -0.491 e. The van der Waals surface area contributed by atoms with Crippen molar-refractivity contribution in [1.82, 2.24) is 5.32 Å². The van der Waals surface area contributed by atoms with Crippen molar-refractivity contribution in [2.75, 3.05) is 13.2 Å². The molecule has 0 spiro atoms. The van der Waals surface area contributed by atoms with E-state index in [1.165, 1.54) is 0 Å². The molecule has 0 bridgehead atoms. The summed E-state index contributed by atoms with van der Waals surface area (Å²) in [5.41, 5.74) is 3.30. The molecule has 2 aromatic carbocycles. The summed E-state index contributed by atoms with van der Waals surface area (Å²) in [6.07, 6.45) is 0.108. The van der Waals surface area contributed by atoms with E-state index in [4.69, 9.17) is 9.47 Å². The fourth-order valence-corrected chi connectivity index (χ4v) is 2.49. The van der Waals surface area contributed by atoms with E-state index >= 15 is 0 Å². The van der Waals surface area contributed by atoms with Gasteiger partial charge in [-0.1, -0.05) is 37.3 Å². The summed E-state index contributed by atoms with van der Waals surface area (Å²) < 4.78 is 11.6. The molecule has 1 unspecified atom stereocenters. The zero-order chi connectivity index (χ0) is 18.2. The Bertz CT molecular complexity index is 712. The molecule has 0 aromatic heterocycles. The van der Waals surface area contributed by atoms with Crippen LogP contribution in [0.5, 0.6) is 11.5 Å². The third kappa shape index (κ3) is 5.24. The monoisotopic (exact) mass is 341 g/mol. The van der Waals surface area contributed by atoms with E-state index < -0.39 is 6.10 Å². The maximum Gasteiger partial charge on any atom is 0.261 e. The lowest BCUT2D eigenvalue weighted by Crippen LogP contribution is -2.39. The van der Waals surface area contributed by atoms with Gasteiger partial charge < -0.3 is 14.8 Å². The lowest BCUT2D eigenvalue weighted by molar-refractivity contribution is -0.128. The van der Waals surface area contributed by atoms with Gasteiger partial charge in [0, 0.05) is 0 Å². The Morgan fingerprint density at radius 1 is 1.00 bits per heavy atom. The Balaban J connectivity index is 1.83. The third-order valence-electron chi connectivity index (χ3n) is 4.24. The number of carbonyl (C=O) groups is 1. The maximum atomic E-state index is 12.4. The molecule has 1 N–H and O–H groups in total. The molecule has 0 aliphatic rings. The fraction of sp³-hybridized carbons (Fsp3) is 0.381. The zero-order valence-electron chi connectivity index (χ0n) is 15.5. The first-order valence-electron chi connectivity index (χ1n) is 8.72. The summed E-state index contributed by atoms with van der Waals surface area (Å²) in [5, 5.41) is 2.89. The molecule has 4 nitrogen and oxygen atoms in total. The molecule has 0 saturated heterocycles. The van der Waals surface area contributed by atoms with E-state index in [2.05, 4.69) is 5.32 Å². The molecule has 25 heavy (non-hydrogen) atoms. The number of ether oxygens (including phenoxy) is 2. The van der Waals surface area contributed by atoms with Crippen LogP contribution in [0.2, 0.25) is 0 Å². The topological polar surface area (TPSA) is 47.6 Å². The first-order chi connectivity index (χ1) is 12.0. The number of nitrogens with one attached hydrogen (secondary N) is 1. The molecule has 1 amide bonds. The second kappa shape index (κ2) is 9.11. The molecule has 0 aliphatic heterocycles. The van der Waals surface area contributed by atoms with Crippen molar-refractivity contribution in [2.45, 2.75) is 40.2 Å². The van der Waals surface area contributed by atoms with Gasteiger partial charge in [0.05, 0.1) is 6.54 Å². The van der Waals surface area contributed by atoms with Gasteiger partial charge >= 0.3 is 0 Å². The second-order valence-electron chi connectivity index (χ2n) is 6.12. The largest absolute Gasteiger partial charge is 0.491 e. The Morgan fingerprint density at radius 3 is 2.40 bits per heavy atom. The number of amides is 1. The Morgan fingerprint density at radius 2 is 1.68 bits per heavy atom. The first kappa shape index (κ1) is 18.8. The van der Waals surface area contributed by atoms with Gasteiger partial charge in [0.1, 0.15) is 18.1 Å². The highest BCUT2D eigenvalue weighted by atomic mass is 16.5. The minimum absolute atomic E-state index is 0.114. The average Bonchev–Trinajstić information content (AvgIpc) is 2.61. The van der Waals surface area contributed by atoms with Gasteiger partial charge in [-0.2, -0.15) is 0 Å². The number of hydrogen-bond acceptors (Lipinski definition) is 3. The summed E-state index contributed by atoms with van der Waals surface area (Å²) in [4.78, 5) is 12.4. The van der Waals surface area contributed by atoms with Crippen molar-refractivity contribution < 1.29 is 14.3 Å². The quantitative estimate of drug-likeness (QED) is 0.739. The van der Waals surface area contributed by atoms with Gasteiger partial charge in [0.15, 0.2) is 6.10 Å². The van der Waals surface area contributed by atoms with Gasteiger partial charge in [0.2, 0.25) is 0 Å². The summed E-state index contributed by atoms with van der Waals surface area (Å²) >= 11 is 0. The Labute approximate surface area is 150 Å². The lowest BCUT2D eigenvalue weighted by atomic mass is 10.1. The molecule has 0 fully saturated rings. The van der Waals surface area contributed by atoms with Crippen molar-refractivity contribution >= 4 is 5.91 Å².